The smallest absolute Gasteiger partial charge is 0.269 e. The average Bonchev–Trinajstić information content (AvgIpc) is 2.84. The fraction of sp³-hybridized carbons (Fsp3) is 0.120. The maximum absolute atomic E-state index is 12.7. The molecule has 8 nitrogen and oxygen atoms in total. The zero-order chi connectivity index (χ0) is 25.5. The topological polar surface area (TPSA) is 114 Å². The van der Waals surface area contributed by atoms with E-state index in [0.717, 1.165) is 11.1 Å². The van der Waals surface area contributed by atoms with Crippen molar-refractivity contribution in [1.29, 1.82) is 5.26 Å². The van der Waals surface area contributed by atoms with Gasteiger partial charge < -0.3 is 14.8 Å². The van der Waals surface area contributed by atoms with Gasteiger partial charge in [0.25, 0.3) is 11.6 Å². The number of rotatable bonds is 8. The van der Waals surface area contributed by atoms with E-state index in [9.17, 15) is 20.2 Å². The molecule has 3 aromatic rings. The lowest BCUT2D eigenvalue weighted by Gasteiger charge is -2.13. The Hall–Kier alpha value is -3.87. The Morgan fingerprint density at radius 2 is 1.91 bits per heavy atom. The van der Waals surface area contributed by atoms with Gasteiger partial charge in [-0.3, -0.25) is 14.9 Å². The van der Waals surface area contributed by atoms with Gasteiger partial charge in [-0.05, 0) is 66.1 Å². The van der Waals surface area contributed by atoms with Gasteiger partial charge in [0.1, 0.15) is 18.2 Å². The summed E-state index contributed by atoms with van der Waals surface area (Å²) in [5.74, 6) is 0.208. The number of nitro groups is 1. The number of carbonyl (C=O) groups excluding carboxylic acids is 1. The molecule has 0 saturated heterocycles. The predicted octanol–water partition coefficient (Wildman–Crippen LogP) is 6.45. The van der Waals surface area contributed by atoms with Gasteiger partial charge in [0.05, 0.1) is 12.0 Å². The molecular formula is C25H19BrClN3O5. The van der Waals surface area contributed by atoms with Crippen LogP contribution in [-0.2, 0) is 11.4 Å². The Balaban J connectivity index is 1.81. The fourth-order valence-electron chi connectivity index (χ4n) is 3.03. The van der Waals surface area contributed by atoms with E-state index in [2.05, 4.69) is 21.2 Å². The number of nitrogens with zero attached hydrogens (tertiary/aromatic N) is 2. The van der Waals surface area contributed by atoms with Crippen LogP contribution in [0.4, 0.5) is 11.4 Å². The van der Waals surface area contributed by atoms with Crippen molar-refractivity contribution in [3.63, 3.8) is 0 Å². The number of nitro benzene ring substituents is 1. The summed E-state index contributed by atoms with van der Waals surface area (Å²) in [4.78, 5) is 23.0. The summed E-state index contributed by atoms with van der Waals surface area (Å²) >= 11 is 9.45. The van der Waals surface area contributed by atoms with E-state index in [1.165, 1.54) is 25.3 Å². The summed E-state index contributed by atoms with van der Waals surface area (Å²) in [6, 6.07) is 16.3. The van der Waals surface area contributed by atoms with Crippen molar-refractivity contribution < 1.29 is 19.2 Å². The van der Waals surface area contributed by atoms with Gasteiger partial charge in [-0.1, -0.05) is 33.6 Å². The third kappa shape index (κ3) is 6.59. The number of amides is 1. The number of benzene rings is 3. The molecule has 3 rings (SSSR count). The number of halogens is 2. The molecule has 0 unspecified atom stereocenters. The van der Waals surface area contributed by atoms with Crippen molar-refractivity contribution in [3.8, 4) is 17.6 Å². The maximum atomic E-state index is 12.7. The first-order valence-corrected chi connectivity index (χ1v) is 11.3. The number of carbonyl (C=O) groups is 1. The van der Waals surface area contributed by atoms with Crippen LogP contribution >= 0.6 is 27.5 Å². The van der Waals surface area contributed by atoms with Crippen LogP contribution < -0.4 is 14.8 Å². The van der Waals surface area contributed by atoms with Gasteiger partial charge >= 0.3 is 0 Å². The molecule has 0 aromatic heterocycles. The highest BCUT2D eigenvalue weighted by molar-refractivity contribution is 9.10. The number of nitriles is 1. The maximum Gasteiger partial charge on any atom is 0.269 e. The summed E-state index contributed by atoms with van der Waals surface area (Å²) < 4.78 is 11.8. The van der Waals surface area contributed by atoms with Crippen LogP contribution in [0, 0.1) is 28.4 Å². The largest absolute Gasteiger partial charge is 0.493 e. The van der Waals surface area contributed by atoms with Crippen molar-refractivity contribution in [3.05, 3.63) is 96.5 Å². The highest BCUT2D eigenvalue weighted by Gasteiger charge is 2.15. The van der Waals surface area contributed by atoms with Gasteiger partial charge in [-0.25, -0.2) is 0 Å². The summed E-state index contributed by atoms with van der Waals surface area (Å²) in [7, 11) is 1.47. The molecule has 1 N–H and O–H groups in total. The second kappa shape index (κ2) is 11.5. The molecule has 0 saturated carbocycles. The second-order valence-corrected chi connectivity index (χ2v) is 8.61. The van der Waals surface area contributed by atoms with Crippen LogP contribution in [0.3, 0.4) is 0 Å². The Morgan fingerprint density at radius 3 is 2.54 bits per heavy atom. The molecule has 35 heavy (non-hydrogen) atoms. The molecule has 0 heterocycles. The van der Waals surface area contributed by atoms with Crippen molar-refractivity contribution >= 4 is 50.9 Å². The highest BCUT2D eigenvalue weighted by atomic mass is 79.9. The van der Waals surface area contributed by atoms with E-state index in [4.69, 9.17) is 21.1 Å². The first kappa shape index (κ1) is 25.7. The molecule has 0 atom stereocenters. The van der Waals surface area contributed by atoms with Gasteiger partial charge in [0.15, 0.2) is 11.5 Å². The SMILES string of the molecule is COc1cc(/C=C(\C#N)C(=O)Nc2cc(Cl)ccc2C)c(Br)cc1OCc1ccc([N+](=O)[O-])cc1. The molecule has 3 aromatic carbocycles. The third-order valence-corrected chi connectivity index (χ3v) is 5.86. The molecular weight excluding hydrogens is 538 g/mol. The minimum atomic E-state index is -0.581. The molecule has 1 amide bonds. The first-order chi connectivity index (χ1) is 16.7. The summed E-state index contributed by atoms with van der Waals surface area (Å²) in [6.45, 7) is 1.97. The average molecular weight is 557 g/mol. The van der Waals surface area contributed by atoms with E-state index in [0.29, 0.717) is 32.2 Å². The van der Waals surface area contributed by atoms with Crippen LogP contribution in [0.15, 0.2) is 64.6 Å². The van der Waals surface area contributed by atoms with E-state index in [1.807, 2.05) is 13.0 Å². The van der Waals surface area contributed by atoms with Crippen molar-refractivity contribution in [2.75, 3.05) is 12.4 Å². The van der Waals surface area contributed by atoms with Crippen LogP contribution in [0.25, 0.3) is 6.08 Å². The van der Waals surface area contributed by atoms with Crippen molar-refractivity contribution in [2.24, 2.45) is 0 Å². The first-order valence-electron chi connectivity index (χ1n) is 10.1. The Labute approximate surface area is 215 Å². The highest BCUT2D eigenvalue weighted by Crippen LogP contribution is 2.35. The van der Waals surface area contributed by atoms with E-state index >= 15 is 0 Å². The number of aryl methyl sites for hydroxylation is 1. The lowest BCUT2D eigenvalue weighted by atomic mass is 10.1. The number of hydrogen-bond acceptors (Lipinski definition) is 6. The number of nitrogens with one attached hydrogen (secondary N) is 1. The van der Waals surface area contributed by atoms with Crippen LogP contribution in [0.2, 0.25) is 5.02 Å². The quantitative estimate of drug-likeness (QED) is 0.148. The molecule has 0 bridgehead atoms. The Kier molecular flexibility index (Phi) is 8.47. The van der Waals surface area contributed by atoms with Gasteiger partial charge in [0, 0.05) is 27.3 Å². The number of methoxy groups -OCH3 is 1. The third-order valence-electron chi connectivity index (χ3n) is 4.94. The van der Waals surface area contributed by atoms with E-state index in [1.54, 1.807) is 42.5 Å². The molecule has 0 radical (unpaired) electrons. The number of ether oxygens (including phenoxy) is 2. The predicted molar refractivity (Wildman–Crippen MR) is 137 cm³/mol. The molecule has 0 aliphatic rings. The minimum absolute atomic E-state index is 0.00642. The molecule has 0 aliphatic heterocycles. The van der Waals surface area contributed by atoms with E-state index < -0.39 is 10.8 Å². The summed E-state index contributed by atoms with van der Waals surface area (Å²) in [6.07, 6.45) is 1.43. The molecule has 0 fully saturated rings. The molecule has 178 valence electrons. The van der Waals surface area contributed by atoms with Gasteiger partial charge in [-0.15, -0.1) is 0 Å². The lowest BCUT2D eigenvalue weighted by molar-refractivity contribution is -0.384. The van der Waals surface area contributed by atoms with Crippen LogP contribution in [0.5, 0.6) is 11.5 Å². The second-order valence-electron chi connectivity index (χ2n) is 7.32. The van der Waals surface area contributed by atoms with Crippen molar-refractivity contribution in [2.45, 2.75) is 13.5 Å². The zero-order valence-corrected chi connectivity index (χ0v) is 21.0. The van der Waals surface area contributed by atoms with Gasteiger partial charge in [-0.2, -0.15) is 5.26 Å². The van der Waals surface area contributed by atoms with E-state index in [-0.39, 0.29) is 17.9 Å². The Bertz CT molecular complexity index is 1350. The fourth-order valence-corrected chi connectivity index (χ4v) is 3.64. The molecule has 0 spiro atoms. The molecule has 10 heteroatoms. The summed E-state index contributed by atoms with van der Waals surface area (Å²) in [5.41, 5.74) is 2.45. The number of hydrogen-bond donors (Lipinski definition) is 1. The standard InChI is InChI=1S/C25H19BrClN3O5/c1-15-3-6-19(27)11-22(15)29-25(31)18(13-28)9-17-10-23(34-2)24(12-21(17)26)35-14-16-4-7-20(8-5-16)30(32)33/h3-12H,14H2,1-2H3,(H,29,31)/b18-9+. The zero-order valence-electron chi connectivity index (χ0n) is 18.7. The van der Waals surface area contributed by atoms with Crippen LogP contribution in [-0.4, -0.2) is 17.9 Å². The summed E-state index contributed by atoms with van der Waals surface area (Å²) in [5, 5.41) is 23.5. The van der Waals surface area contributed by atoms with Crippen molar-refractivity contribution in [1.82, 2.24) is 0 Å². The van der Waals surface area contributed by atoms with Gasteiger partial charge in [0.2, 0.25) is 0 Å². The number of anilines is 1. The van der Waals surface area contributed by atoms with Crippen LogP contribution in [0.1, 0.15) is 16.7 Å². The monoisotopic (exact) mass is 555 g/mol. The molecule has 0 aliphatic carbocycles. The number of non-ortho nitro benzene ring substituents is 1. The Morgan fingerprint density at radius 1 is 1.20 bits per heavy atom. The minimum Gasteiger partial charge on any atom is -0.493 e. The normalized spacial score (nSPS) is 10.9. The lowest BCUT2D eigenvalue weighted by Crippen LogP contribution is -2.14.